The maximum atomic E-state index is 11.7. The fraction of sp³-hybridized carbons (Fsp3) is 0.800. The first kappa shape index (κ1) is 11.3. The van der Waals surface area contributed by atoms with Gasteiger partial charge < -0.3 is 4.90 Å². The SMILES string of the molecule is CC(C)(C#N)N(C(=O)CCCl)C1CC1. The summed E-state index contributed by atoms with van der Waals surface area (Å²) in [7, 11) is 0. The van der Waals surface area contributed by atoms with Crippen LogP contribution >= 0.6 is 11.6 Å². The molecule has 0 atom stereocenters. The summed E-state index contributed by atoms with van der Waals surface area (Å²) < 4.78 is 0. The molecule has 14 heavy (non-hydrogen) atoms. The lowest BCUT2D eigenvalue weighted by atomic mass is 10.0. The molecule has 0 aromatic carbocycles. The number of hydrogen-bond acceptors (Lipinski definition) is 2. The highest BCUT2D eigenvalue weighted by molar-refractivity contribution is 6.18. The lowest BCUT2D eigenvalue weighted by Crippen LogP contribution is -2.48. The first-order valence-electron chi connectivity index (χ1n) is 4.82. The van der Waals surface area contributed by atoms with Crippen LogP contribution in [0.5, 0.6) is 0 Å². The van der Waals surface area contributed by atoms with E-state index in [0.717, 1.165) is 12.8 Å². The van der Waals surface area contributed by atoms with E-state index in [1.165, 1.54) is 0 Å². The molecule has 0 saturated heterocycles. The molecular formula is C10H15ClN2O. The molecule has 0 aromatic rings. The van der Waals surface area contributed by atoms with Crippen LogP contribution in [0.25, 0.3) is 0 Å². The van der Waals surface area contributed by atoms with Crippen molar-refractivity contribution in [3.63, 3.8) is 0 Å². The molecule has 1 saturated carbocycles. The minimum Gasteiger partial charge on any atom is -0.322 e. The molecule has 0 radical (unpaired) electrons. The number of rotatable bonds is 4. The minimum absolute atomic E-state index is 0.00551. The third-order valence-electron chi connectivity index (χ3n) is 2.36. The molecule has 1 aliphatic rings. The van der Waals surface area contributed by atoms with Gasteiger partial charge in [-0.15, -0.1) is 11.6 Å². The average Bonchev–Trinajstić information content (AvgIpc) is 2.89. The molecule has 0 spiro atoms. The van der Waals surface area contributed by atoms with Crippen LogP contribution in [0.2, 0.25) is 0 Å². The normalized spacial score (nSPS) is 16.1. The van der Waals surface area contributed by atoms with Crippen LogP contribution in [0, 0.1) is 11.3 Å². The van der Waals surface area contributed by atoms with Gasteiger partial charge in [0.2, 0.25) is 5.91 Å². The fourth-order valence-corrected chi connectivity index (χ4v) is 1.72. The number of amides is 1. The van der Waals surface area contributed by atoms with Crippen LogP contribution < -0.4 is 0 Å². The third-order valence-corrected chi connectivity index (χ3v) is 2.55. The first-order valence-corrected chi connectivity index (χ1v) is 5.35. The number of carbonyl (C=O) groups is 1. The molecule has 1 aliphatic carbocycles. The number of halogens is 1. The van der Waals surface area contributed by atoms with E-state index in [4.69, 9.17) is 16.9 Å². The van der Waals surface area contributed by atoms with Gasteiger partial charge in [-0.05, 0) is 26.7 Å². The van der Waals surface area contributed by atoms with Crippen molar-refractivity contribution >= 4 is 17.5 Å². The Morgan fingerprint density at radius 1 is 1.64 bits per heavy atom. The van der Waals surface area contributed by atoms with Gasteiger partial charge in [0.25, 0.3) is 0 Å². The van der Waals surface area contributed by atoms with E-state index < -0.39 is 5.54 Å². The smallest absolute Gasteiger partial charge is 0.225 e. The second-order valence-corrected chi connectivity index (χ2v) is 4.48. The quantitative estimate of drug-likeness (QED) is 0.671. The summed E-state index contributed by atoms with van der Waals surface area (Å²) in [5, 5.41) is 8.98. The van der Waals surface area contributed by atoms with E-state index in [1.54, 1.807) is 18.7 Å². The van der Waals surface area contributed by atoms with E-state index in [0.29, 0.717) is 12.3 Å². The van der Waals surface area contributed by atoms with Gasteiger partial charge in [-0.25, -0.2) is 0 Å². The standard InChI is InChI=1S/C10H15ClN2O/c1-10(2,7-12)13(8-3-4-8)9(14)5-6-11/h8H,3-6H2,1-2H3. The van der Waals surface area contributed by atoms with E-state index in [1.807, 2.05) is 0 Å². The molecule has 3 nitrogen and oxygen atoms in total. The van der Waals surface area contributed by atoms with Gasteiger partial charge in [-0.1, -0.05) is 0 Å². The predicted octanol–water partition coefficient (Wildman–Crippen LogP) is 1.91. The van der Waals surface area contributed by atoms with Gasteiger partial charge in [0, 0.05) is 18.3 Å². The molecular weight excluding hydrogens is 200 g/mol. The van der Waals surface area contributed by atoms with Gasteiger partial charge in [0.05, 0.1) is 6.07 Å². The van der Waals surface area contributed by atoms with Gasteiger partial charge in [-0.2, -0.15) is 5.26 Å². The molecule has 4 heteroatoms. The third kappa shape index (κ3) is 2.39. The summed E-state index contributed by atoms with van der Waals surface area (Å²) in [5.41, 5.74) is -0.704. The van der Waals surface area contributed by atoms with E-state index >= 15 is 0 Å². The molecule has 0 heterocycles. The topological polar surface area (TPSA) is 44.1 Å². The van der Waals surface area contributed by atoms with Crippen molar-refractivity contribution in [2.24, 2.45) is 0 Å². The van der Waals surface area contributed by atoms with Crippen molar-refractivity contribution in [1.82, 2.24) is 4.90 Å². The second-order valence-electron chi connectivity index (χ2n) is 4.10. The zero-order valence-electron chi connectivity index (χ0n) is 8.59. The molecule has 0 aromatic heterocycles. The Morgan fingerprint density at radius 3 is 2.57 bits per heavy atom. The average molecular weight is 215 g/mol. The summed E-state index contributed by atoms with van der Waals surface area (Å²) in [4.78, 5) is 13.4. The van der Waals surface area contributed by atoms with Crippen LogP contribution in [0.4, 0.5) is 0 Å². The van der Waals surface area contributed by atoms with Gasteiger partial charge in [-0.3, -0.25) is 4.79 Å². The van der Waals surface area contributed by atoms with Crippen LogP contribution in [0.1, 0.15) is 33.1 Å². The molecule has 78 valence electrons. The summed E-state index contributed by atoms with van der Waals surface area (Å²) in [5.74, 6) is 0.317. The van der Waals surface area contributed by atoms with Gasteiger partial charge in [0.1, 0.15) is 5.54 Å². The molecule has 0 aliphatic heterocycles. The number of nitrogens with zero attached hydrogens (tertiary/aromatic N) is 2. The minimum atomic E-state index is -0.704. The number of nitriles is 1. The van der Waals surface area contributed by atoms with Crippen molar-refractivity contribution in [2.45, 2.75) is 44.7 Å². The number of carbonyl (C=O) groups excluding carboxylic acids is 1. The van der Waals surface area contributed by atoms with Crippen molar-refractivity contribution in [1.29, 1.82) is 5.26 Å². The highest BCUT2D eigenvalue weighted by atomic mass is 35.5. The Labute approximate surface area is 89.6 Å². The lowest BCUT2D eigenvalue weighted by molar-refractivity contribution is -0.135. The Kier molecular flexibility index (Phi) is 3.38. The Hall–Kier alpha value is -0.750. The highest BCUT2D eigenvalue weighted by Gasteiger charge is 2.41. The van der Waals surface area contributed by atoms with Gasteiger partial charge in [0.15, 0.2) is 0 Å². The fourth-order valence-electron chi connectivity index (χ4n) is 1.56. The molecule has 0 unspecified atom stereocenters. The first-order chi connectivity index (χ1) is 6.53. The molecule has 1 fully saturated rings. The maximum Gasteiger partial charge on any atom is 0.225 e. The summed E-state index contributed by atoms with van der Waals surface area (Å²) in [6, 6.07) is 2.43. The maximum absolute atomic E-state index is 11.7. The largest absolute Gasteiger partial charge is 0.322 e. The van der Waals surface area contributed by atoms with Crippen molar-refractivity contribution in [3.05, 3.63) is 0 Å². The summed E-state index contributed by atoms with van der Waals surface area (Å²) in [6.07, 6.45) is 2.35. The summed E-state index contributed by atoms with van der Waals surface area (Å²) in [6.45, 7) is 3.55. The van der Waals surface area contributed by atoms with E-state index in [-0.39, 0.29) is 11.9 Å². The van der Waals surface area contributed by atoms with Crippen LogP contribution in [-0.2, 0) is 4.79 Å². The number of hydrogen-bond donors (Lipinski definition) is 0. The second kappa shape index (κ2) is 4.18. The Morgan fingerprint density at radius 2 is 2.21 bits per heavy atom. The molecule has 1 rings (SSSR count). The van der Waals surface area contributed by atoms with Crippen LogP contribution in [-0.4, -0.2) is 28.3 Å². The molecule has 1 amide bonds. The van der Waals surface area contributed by atoms with Crippen molar-refractivity contribution in [2.75, 3.05) is 5.88 Å². The number of alkyl halides is 1. The van der Waals surface area contributed by atoms with Crippen molar-refractivity contribution < 1.29 is 4.79 Å². The lowest BCUT2D eigenvalue weighted by Gasteiger charge is -2.33. The zero-order valence-corrected chi connectivity index (χ0v) is 9.34. The summed E-state index contributed by atoms with van der Waals surface area (Å²) >= 11 is 5.53. The van der Waals surface area contributed by atoms with Crippen LogP contribution in [0.3, 0.4) is 0 Å². The molecule has 0 N–H and O–H groups in total. The predicted molar refractivity (Wildman–Crippen MR) is 54.9 cm³/mol. The van der Waals surface area contributed by atoms with Crippen LogP contribution in [0.15, 0.2) is 0 Å². The monoisotopic (exact) mass is 214 g/mol. The van der Waals surface area contributed by atoms with Gasteiger partial charge >= 0.3 is 0 Å². The Balaban J connectivity index is 2.74. The molecule has 0 bridgehead atoms. The highest BCUT2D eigenvalue weighted by Crippen LogP contribution is 2.33. The van der Waals surface area contributed by atoms with Crippen molar-refractivity contribution in [3.8, 4) is 6.07 Å². The van der Waals surface area contributed by atoms with E-state index in [9.17, 15) is 4.79 Å². The Bertz CT molecular complexity index is 266. The zero-order chi connectivity index (χ0) is 10.8. The van der Waals surface area contributed by atoms with E-state index in [2.05, 4.69) is 6.07 Å².